The van der Waals surface area contributed by atoms with Crippen molar-refractivity contribution in [3.05, 3.63) is 81.4 Å². The van der Waals surface area contributed by atoms with Crippen molar-refractivity contribution in [2.45, 2.75) is 50.2 Å². The molecule has 3 aliphatic rings. The molecule has 3 aliphatic heterocycles. The summed E-state index contributed by atoms with van der Waals surface area (Å²) >= 11 is 0. The molecule has 1 aromatic carbocycles. The Hall–Kier alpha value is -4.44. The molecule has 2 aromatic heterocycles. The number of pyridine rings is 1. The van der Waals surface area contributed by atoms with Crippen molar-refractivity contribution in [1.29, 1.82) is 5.26 Å². The number of fused-ring (bicyclic) bond motifs is 1. The van der Waals surface area contributed by atoms with Crippen LogP contribution in [0.5, 0.6) is 0 Å². The fourth-order valence-electron chi connectivity index (χ4n) is 6.20. The van der Waals surface area contributed by atoms with Gasteiger partial charge in [0.25, 0.3) is 5.56 Å². The van der Waals surface area contributed by atoms with Gasteiger partial charge in [0.1, 0.15) is 17.5 Å². The molecule has 0 saturated carbocycles. The lowest BCUT2D eigenvalue weighted by atomic mass is 9.98. The lowest BCUT2D eigenvalue weighted by Crippen LogP contribution is -2.49. The zero-order chi connectivity index (χ0) is 29.4. The lowest BCUT2D eigenvalue weighted by molar-refractivity contribution is -0.138. The van der Waals surface area contributed by atoms with E-state index in [0.717, 1.165) is 23.1 Å². The van der Waals surface area contributed by atoms with E-state index in [4.69, 9.17) is 10.00 Å². The van der Waals surface area contributed by atoms with Crippen LogP contribution in [-0.4, -0.2) is 64.4 Å². The van der Waals surface area contributed by atoms with Crippen LogP contribution in [0.4, 0.5) is 24.7 Å². The Morgan fingerprint density at radius 2 is 1.88 bits per heavy atom. The molecule has 2 saturated heterocycles. The van der Waals surface area contributed by atoms with Crippen molar-refractivity contribution < 1.29 is 22.7 Å². The number of aromatic nitrogens is 3. The van der Waals surface area contributed by atoms with Crippen LogP contribution in [0.25, 0.3) is 0 Å². The Labute approximate surface area is 239 Å². The van der Waals surface area contributed by atoms with Gasteiger partial charge in [-0.25, -0.2) is 10.1 Å². The number of nitrogens with one attached hydrogen (secondary N) is 1. The molecular formula is C29H28F3N7O3. The van der Waals surface area contributed by atoms with Crippen molar-refractivity contribution in [3.63, 3.8) is 0 Å². The summed E-state index contributed by atoms with van der Waals surface area (Å²) < 4.78 is 48.3. The SMILES string of the molecule is N#Cc1ccc(N2CCN(C(=O)C[C@H]3CC[C@@H]([C@H]4c5ccccc5CN4c4cn[nH]c(=O)c4C(F)(F)F)O3)CC2)nc1. The number of halogens is 3. The van der Waals surface area contributed by atoms with Gasteiger partial charge in [-0.05, 0) is 36.1 Å². The number of piperazine rings is 1. The third kappa shape index (κ3) is 5.30. The highest BCUT2D eigenvalue weighted by atomic mass is 19.4. The highest BCUT2D eigenvalue weighted by molar-refractivity contribution is 5.77. The average Bonchev–Trinajstić information content (AvgIpc) is 3.61. The first kappa shape index (κ1) is 27.7. The largest absolute Gasteiger partial charge is 0.423 e. The molecule has 13 heteroatoms. The summed E-state index contributed by atoms with van der Waals surface area (Å²) in [5, 5.41) is 14.6. The molecule has 0 unspecified atom stereocenters. The van der Waals surface area contributed by atoms with E-state index >= 15 is 0 Å². The molecule has 218 valence electrons. The Bertz CT molecular complexity index is 1560. The molecule has 0 aliphatic carbocycles. The summed E-state index contributed by atoms with van der Waals surface area (Å²) in [6.45, 7) is 2.44. The molecule has 0 radical (unpaired) electrons. The highest BCUT2D eigenvalue weighted by Gasteiger charge is 2.45. The second kappa shape index (κ2) is 11.1. The molecule has 3 aromatic rings. The van der Waals surface area contributed by atoms with Crippen molar-refractivity contribution in [2.24, 2.45) is 0 Å². The smallest absolute Gasteiger partial charge is 0.372 e. The predicted octanol–water partition coefficient (Wildman–Crippen LogP) is 3.40. The highest BCUT2D eigenvalue weighted by Crippen LogP contribution is 2.46. The summed E-state index contributed by atoms with van der Waals surface area (Å²) in [6, 6.07) is 12.4. The number of carbonyl (C=O) groups excluding carboxylic acids is 1. The Kier molecular flexibility index (Phi) is 7.32. The molecule has 1 N–H and O–H groups in total. The number of anilines is 2. The Morgan fingerprint density at radius 3 is 2.60 bits per heavy atom. The maximum absolute atomic E-state index is 14.0. The van der Waals surface area contributed by atoms with Gasteiger partial charge in [-0.15, -0.1) is 0 Å². The number of aromatic amines is 1. The minimum absolute atomic E-state index is 0.0325. The summed E-state index contributed by atoms with van der Waals surface area (Å²) in [6.07, 6.45) is -1.79. The molecule has 0 bridgehead atoms. The summed E-state index contributed by atoms with van der Waals surface area (Å²) in [4.78, 5) is 35.2. The fraction of sp³-hybridized carbons (Fsp3) is 0.414. The predicted molar refractivity (Wildman–Crippen MR) is 145 cm³/mol. The second-order valence-electron chi connectivity index (χ2n) is 10.7. The second-order valence-corrected chi connectivity index (χ2v) is 10.7. The first-order chi connectivity index (χ1) is 20.2. The van der Waals surface area contributed by atoms with Gasteiger partial charge in [0, 0.05) is 38.9 Å². The van der Waals surface area contributed by atoms with E-state index in [-0.39, 0.29) is 30.7 Å². The number of hydrogen-bond acceptors (Lipinski definition) is 8. The number of carbonyl (C=O) groups is 1. The van der Waals surface area contributed by atoms with Crippen LogP contribution in [0.2, 0.25) is 0 Å². The first-order valence-corrected chi connectivity index (χ1v) is 13.8. The molecule has 3 atom stereocenters. The van der Waals surface area contributed by atoms with Gasteiger partial charge in [-0.3, -0.25) is 9.59 Å². The third-order valence-electron chi connectivity index (χ3n) is 8.21. The van der Waals surface area contributed by atoms with Crippen LogP contribution in [-0.2, 0) is 22.3 Å². The van der Waals surface area contributed by atoms with Crippen LogP contribution in [0.1, 0.15) is 47.6 Å². The van der Waals surface area contributed by atoms with Crippen LogP contribution in [0.15, 0.2) is 53.6 Å². The minimum Gasteiger partial charge on any atom is -0.372 e. The van der Waals surface area contributed by atoms with Crippen LogP contribution in [0, 0.1) is 11.3 Å². The molecular weight excluding hydrogens is 551 g/mol. The van der Waals surface area contributed by atoms with Gasteiger partial charge >= 0.3 is 6.18 Å². The molecule has 2 fully saturated rings. The first-order valence-electron chi connectivity index (χ1n) is 13.8. The zero-order valence-electron chi connectivity index (χ0n) is 22.5. The third-order valence-corrected chi connectivity index (χ3v) is 8.21. The molecule has 1 amide bonds. The van der Waals surface area contributed by atoms with Gasteiger partial charge in [0.15, 0.2) is 0 Å². The Balaban J connectivity index is 1.13. The van der Waals surface area contributed by atoms with E-state index in [0.29, 0.717) is 44.6 Å². The molecule has 5 heterocycles. The van der Waals surface area contributed by atoms with Gasteiger partial charge in [-0.1, -0.05) is 24.3 Å². The topological polar surface area (TPSA) is 118 Å². The number of benzene rings is 1. The number of rotatable bonds is 5. The average molecular weight is 580 g/mol. The van der Waals surface area contributed by atoms with E-state index < -0.39 is 29.4 Å². The van der Waals surface area contributed by atoms with Crippen molar-refractivity contribution in [3.8, 4) is 6.07 Å². The monoisotopic (exact) mass is 579 g/mol. The van der Waals surface area contributed by atoms with E-state index in [2.05, 4.69) is 21.1 Å². The van der Waals surface area contributed by atoms with Crippen molar-refractivity contribution in [1.82, 2.24) is 20.1 Å². The maximum atomic E-state index is 14.0. The lowest BCUT2D eigenvalue weighted by Gasteiger charge is -2.36. The molecule has 42 heavy (non-hydrogen) atoms. The summed E-state index contributed by atoms with van der Waals surface area (Å²) in [5.41, 5.74) is -0.674. The number of nitrogens with zero attached hydrogens (tertiary/aromatic N) is 6. The maximum Gasteiger partial charge on any atom is 0.423 e. The van der Waals surface area contributed by atoms with Gasteiger partial charge < -0.3 is 19.4 Å². The molecule has 6 rings (SSSR count). The number of hydrogen-bond donors (Lipinski definition) is 1. The fourth-order valence-corrected chi connectivity index (χ4v) is 6.20. The summed E-state index contributed by atoms with van der Waals surface area (Å²) in [5.74, 6) is 0.726. The number of H-pyrrole nitrogens is 1. The van der Waals surface area contributed by atoms with Gasteiger partial charge in [0.2, 0.25) is 5.91 Å². The van der Waals surface area contributed by atoms with E-state index in [1.54, 1.807) is 21.9 Å². The Morgan fingerprint density at radius 1 is 1.10 bits per heavy atom. The van der Waals surface area contributed by atoms with Gasteiger partial charge in [-0.2, -0.15) is 23.5 Å². The van der Waals surface area contributed by atoms with Gasteiger partial charge in [0.05, 0.1) is 42.1 Å². The number of nitriles is 1. The van der Waals surface area contributed by atoms with Crippen LogP contribution < -0.4 is 15.4 Å². The minimum atomic E-state index is -4.86. The van der Waals surface area contributed by atoms with E-state index in [9.17, 15) is 22.8 Å². The molecule has 10 nitrogen and oxygen atoms in total. The normalized spacial score (nSPS) is 22.2. The summed E-state index contributed by atoms with van der Waals surface area (Å²) in [7, 11) is 0. The van der Waals surface area contributed by atoms with Crippen molar-refractivity contribution in [2.75, 3.05) is 36.0 Å². The van der Waals surface area contributed by atoms with E-state index in [1.165, 1.54) is 6.20 Å². The quantitative estimate of drug-likeness (QED) is 0.489. The van der Waals surface area contributed by atoms with Crippen LogP contribution in [0.3, 0.4) is 0 Å². The van der Waals surface area contributed by atoms with Crippen LogP contribution >= 0.6 is 0 Å². The van der Waals surface area contributed by atoms with Crippen molar-refractivity contribution >= 4 is 17.4 Å². The number of ether oxygens (including phenoxy) is 1. The van der Waals surface area contributed by atoms with E-state index in [1.807, 2.05) is 29.4 Å². The molecule has 0 spiro atoms. The standard InChI is InChI=1S/C29H28F3N7O3/c30-29(31,32)26-22(16-35-36-28(26)41)39-17-19-3-1-2-4-21(19)27(39)23-7-6-20(42-23)13-25(40)38-11-9-37(10-12-38)24-8-5-18(14-33)15-34-24/h1-5,8,15-16,20,23,27H,6-7,9-13,17H2,(H,36,41)/t20-,23+,27-/m1/s1. The zero-order valence-corrected chi connectivity index (χ0v) is 22.5. The number of alkyl halides is 3. The number of amides is 1.